The van der Waals surface area contributed by atoms with Crippen molar-refractivity contribution in [3.05, 3.63) is 41.6 Å². The highest BCUT2D eigenvalue weighted by Crippen LogP contribution is 2.19. The third kappa shape index (κ3) is 7.00. The second kappa shape index (κ2) is 9.66. The number of hydrogen-bond acceptors (Lipinski definition) is 5. The Balaban J connectivity index is 2.86. The van der Waals surface area contributed by atoms with Gasteiger partial charge in [-0.2, -0.15) is 0 Å². The van der Waals surface area contributed by atoms with Crippen LogP contribution in [0, 0.1) is 0 Å². The highest BCUT2D eigenvalue weighted by molar-refractivity contribution is 5.85. The van der Waals surface area contributed by atoms with Crippen LogP contribution in [-0.2, 0) is 19.1 Å². The molecule has 0 bridgehead atoms. The van der Waals surface area contributed by atoms with Crippen LogP contribution in [0.4, 0.5) is 5.69 Å². The maximum Gasteiger partial charge on any atom is 0.332 e. The molecule has 0 aliphatic heterocycles. The summed E-state index contributed by atoms with van der Waals surface area (Å²) in [6, 6.07) is 7.86. The van der Waals surface area contributed by atoms with Crippen molar-refractivity contribution in [3.63, 3.8) is 0 Å². The molecule has 0 atom stereocenters. The molecule has 23 heavy (non-hydrogen) atoms. The molecular formula is C18H25NO4. The van der Waals surface area contributed by atoms with Crippen molar-refractivity contribution in [2.24, 2.45) is 0 Å². The monoisotopic (exact) mass is 319 g/mol. The van der Waals surface area contributed by atoms with Gasteiger partial charge in [0.15, 0.2) is 0 Å². The lowest BCUT2D eigenvalue weighted by atomic mass is 10.0. The molecule has 0 aliphatic carbocycles. The van der Waals surface area contributed by atoms with Crippen molar-refractivity contribution < 1.29 is 19.1 Å². The van der Waals surface area contributed by atoms with E-state index in [1.165, 1.54) is 11.6 Å². The van der Waals surface area contributed by atoms with Gasteiger partial charge in [-0.15, -0.1) is 0 Å². The molecule has 5 nitrogen and oxygen atoms in total. The average Bonchev–Trinajstić information content (AvgIpc) is 2.48. The minimum Gasteiger partial charge on any atom is -0.466 e. The first-order valence-corrected chi connectivity index (χ1v) is 7.86. The zero-order valence-electron chi connectivity index (χ0n) is 14.2. The highest BCUT2D eigenvalue weighted by Gasteiger charge is 2.10. The lowest BCUT2D eigenvalue weighted by Gasteiger charge is -2.12. The molecule has 126 valence electrons. The van der Waals surface area contributed by atoms with E-state index in [2.05, 4.69) is 19.2 Å². The van der Waals surface area contributed by atoms with E-state index in [9.17, 15) is 9.59 Å². The fraction of sp³-hybridized carbons (Fsp3) is 0.444. The molecule has 0 heterocycles. The van der Waals surface area contributed by atoms with E-state index in [1.54, 1.807) is 13.8 Å². The third-order valence-corrected chi connectivity index (χ3v) is 3.10. The molecule has 0 unspecified atom stereocenters. The van der Waals surface area contributed by atoms with Crippen LogP contribution in [0.5, 0.6) is 0 Å². The van der Waals surface area contributed by atoms with E-state index in [0.717, 1.165) is 5.69 Å². The standard InChI is InChI=1S/C18H25NO4/c1-5-22-17(20)11-16(12-18(21)23-6-2)19-15-9-7-14(8-10-15)13(3)4/h7-11,13,19H,5-6,12H2,1-4H3. The van der Waals surface area contributed by atoms with Crippen molar-refractivity contribution in [3.8, 4) is 0 Å². The molecule has 1 rings (SSSR count). The molecule has 0 amide bonds. The number of ether oxygens (including phenoxy) is 2. The highest BCUT2D eigenvalue weighted by atomic mass is 16.5. The van der Waals surface area contributed by atoms with Gasteiger partial charge < -0.3 is 14.8 Å². The summed E-state index contributed by atoms with van der Waals surface area (Å²) in [6.07, 6.45) is 1.27. The Morgan fingerprint density at radius 1 is 1.09 bits per heavy atom. The van der Waals surface area contributed by atoms with Crippen molar-refractivity contribution in [2.75, 3.05) is 18.5 Å². The normalized spacial score (nSPS) is 11.3. The lowest BCUT2D eigenvalue weighted by molar-refractivity contribution is -0.142. The Morgan fingerprint density at radius 2 is 1.70 bits per heavy atom. The van der Waals surface area contributed by atoms with E-state index in [0.29, 0.717) is 18.2 Å². The Morgan fingerprint density at radius 3 is 2.22 bits per heavy atom. The summed E-state index contributed by atoms with van der Waals surface area (Å²) in [5.41, 5.74) is 2.46. The Hall–Kier alpha value is -2.30. The van der Waals surface area contributed by atoms with Gasteiger partial charge in [-0.05, 0) is 37.5 Å². The minimum atomic E-state index is -0.488. The molecule has 0 fully saturated rings. The molecule has 1 N–H and O–H groups in total. The van der Waals surface area contributed by atoms with Crippen molar-refractivity contribution in [2.45, 2.75) is 40.0 Å². The number of anilines is 1. The van der Waals surface area contributed by atoms with Crippen LogP contribution in [0.25, 0.3) is 0 Å². The Kier molecular flexibility index (Phi) is 7.88. The fourth-order valence-corrected chi connectivity index (χ4v) is 1.96. The third-order valence-electron chi connectivity index (χ3n) is 3.10. The van der Waals surface area contributed by atoms with Crippen LogP contribution < -0.4 is 5.32 Å². The van der Waals surface area contributed by atoms with Crippen LogP contribution in [-0.4, -0.2) is 25.2 Å². The predicted octanol–water partition coefficient (Wildman–Crippen LogP) is 3.62. The van der Waals surface area contributed by atoms with E-state index < -0.39 is 11.9 Å². The summed E-state index contributed by atoms with van der Waals surface area (Å²) in [7, 11) is 0. The first kappa shape index (κ1) is 18.7. The van der Waals surface area contributed by atoms with E-state index in [4.69, 9.17) is 9.47 Å². The first-order valence-electron chi connectivity index (χ1n) is 7.86. The summed E-state index contributed by atoms with van der Waals surface area (Å²) in [5.74, 6) is -0.439. The van der Waals surface area contributed by atoms with Crippen molar-refractivity contribution >= 4 is 17.6 Å². The van der Waals surface area contributed by atoms with E-state index in [-0.39, 0.29) is 13.0 Å². The SMILES string of the molecule is CCOC(=O)C=C(CC(=O)OCC)Nc1ccc(C(C)C)cc1. The van der Waals surface area contributed by atoms with Crippen LogP contribution in [0.2, 0.25) is 0 Å². The second-order valence-electron chi connectivity index (χ2n) is 5.31. The summed E-state index contributed by atoms with van der Waals surface area (Å²) < 4.78 is 9.83. The van der Waals surface area contributed by atoms with Gasteiger partial charge in [-0.3, -0.25) is 4.79 Å². The summed E-state index contributed by atoms with van der Waals surface area (Å²) >= 11 is 0. The second-order valence-corrected chi connectivity index (χ2v) is 5.31. The number of esters is 2. The molecule has 1 aromatic rings. The Bertz CT molecular complexity index is 547. The molecule has 0 aliphatic rings. The van der Waals surface area contributed by atoms with E-state index in [1.807, 2.05) is 24.3 Å². The van der Waals surface area contributed by atoms with Gasteiger partial charge >= 0.3 is 11.9 Å². The fourth-order valence-electron chi connectivity index (χ4n) is 1.96. The quantitative estimate of drug-likeness (QED) is 0.585. The molecule has 0 radical (unpaired) electrons. The zero-order chi connectivity index (χ0) is 17.2. The van der Waals surface area contributed by atoms with Crippen molar-refractivity contribution in [1.29, 1.82) is 0 Å². The van der Waals surface area contributed by atoms with Gasteiger partial charge in [0, 0.05) is 17.5 Å². The van der Waals surface area contributed by atoms with Crippen LogP contribution in [0.3, 0.4) is 0 Å². The smallest absolute Gasteiger partial charge is 0.332 e. The van der Waals surface area contributed by atoms with Gasteiger partial charge in [0.25, 0.3) is 0 Å². The molecule has 0 saturated carbocycles. The van der Waals surface area contributed by atoms with Gasteiger partial charge in [-0.25, -0.2) is 4.79 Å². The molecule has 0 spiro atoms. The summed E-state index contributed by atoms with van der Waals surface area (Å²) in [5, 5.41) is 3.08. The largest absolute Gasteiger partial charge is 0.466 e. The van der Waals surface area contributed by atoms with Gasteiger partial charge in [-0.1, -0.05) is 26.0 Å². The average molecular weight is 319 g/mol. The maximum atomic E-state index is 11.7. The maximum absolute atomic E-state index is 11.7. The molecule has 5 heteroatoms. The van der Waals surface area contributed by atoms with E-state index >= 15 is 0 Å². The van der Waals surface area contributed by atoms with Gasteiger partial charge in [0.2, 0.25) is 0 Å². The number of hydrogen-bond donors (Lipinski definition) is 1. The van der Waals surface area contributed by atoms with Gasteiger partial charge in [0.05, 0.1) is 19.6 Å². The first-order chi connectivity index (χ1) is 11.0. The lowest BCUT2D eigenvalue weighted by Crippen LogP contribution is -2.12. The molecular weight excluding hydrogens is 294 g/mol. The molecule has 0 saturated heterocycles. The number of nitrogens with one attached hydrogen (secondary N) is 1. The van der Waals surface area contributed by atoms with Crippen LogP contribution in [0.1, 0.15) is 45.6 Å². The summed E-state index contributed by atoms with van der Waals surface area (Å²) in [6.45, 7) is 8.30. The minimum absolute atomic E-state index is 0.0153. The molecule has 0 aromatic heterocycles. The Labute approximate surface area is 137 Å². The number of carbonyl (C=O) groups is 2. The number of benzene rings is 1. The van der Waals surface area contributed by atoms with Crippen LogP contribution >= 0.6 is 0 Å². The predicted molar refractivity (Wildman–Crippen MR) is 90.1 cm³/mol. The summed E-state index contributed by atoms with van der Waals surface area (Å²) in [4.78, 5) is 23.3. The number of rotatable bonds is 8. The van der Waals surface area contributed by atoms with Crippen LogP contribution in [0.15, 0.2) is 36.0 Å². The van der Waals surface area contributed by atoms with Gasteiger partial charge in [0.1, 0.15) is 0 Å². The zero-order valence-corrected chi connectivity index (χ0v) is 14.2. The molecule has 1 aromatic carbocycles. The van der Waals surface area contributed by atoms with Crippen molar-refractivity contribution in [1.82, 2.24) is 0 Å². The topological polar surface area (TPSA) is 64.6 Å². The number of carbonyl (C=O) groups excluding carboxylic acids is 2.